The smallest absolute Gasteiger partial charge is 0.253 e. The van der Waals surface area contributed by atoms with E-state index in [1.54, 1.807) is 0 Å². The molecule has 6 heteroatoms. The van der Waals surface area contributed by atoms with Gasteiger partial charge in [0.2, 0.25) is 0 Å². The molecule has 0 bridgehead atoms. The molecule has 2 rings (SSSR count). The number of anilines is 1. The molecule has 1 N–H and O–H groups in total. The zero-order valence-electron chi connectivity index (χ0n) is 11.7. The monoisotopic (exact) mass is 323 g/mol. The summed E-state index contributed by atoms with van der Waals surface area (Å²) in [6.07, 6.45) is 1.37. The van der Waals surface area contributed by atoms with Crippen LogP contribution in [-0.4, -0.2) is 25.0 Å². The SMILES string of the molecule is CN(C)c1ccc(CNC(=O)c2cc(Cl)ncc2Cl)cc1. The molecule has 0 spiro atoms. The molecular weight excluding hydrogens is 309 g/mol. The lowest BCUT2D eigenvalue weighted by Gasteiger charge is -2.13. The highest BCUT2D eigenvalue weighted by Gasteiger charge is 2.11. The van der Waals surface area contributed by atoms with Gasteiger partial charge in [-0.05, 0) is 23.8 Å². The first-order valence-corrected chi connectivity index (χ1v) is 7.08. The number of pyridine rings is 1. The van der Waals surface area contributed by atoms with Gasteiger partial charge in [0, 0.05) is 32.5 Å². The van der Waals surface area contributed by atoms with Crippen molar-refractivity contribution in [2.24, 2.45) is 0 Å². The van der Waals surface area contributed by atoms with Crippen LogP contribution in [-0.2, 0) is 6.54 Å². The first kappa shape index (κ1) is 15.6. The summed E-state index contributed by atoms with van der Waals surface area (Å²) < 4.78 is 0. The van der Waals surface area contributed by atoms with E-state index in [1.165, 1.54) is 12.3 Å². The van der Waals surface area contributed by atoms with Gasteiger partial charge in [0.15, 0.2) is 0 Å². The van der Waals surface area contributed by atoms with Crippen LogP contribution in [0.4, 0.5) is 5.69 Å². The average Bonchev–Trinajstić information content (AvgIpc) is 2.47. The van der Waals surface area contributed by atoms with Crippen LogP contribution in [0.2, 0.25) is 10.2 Å². The van der Waals surface area contributed by atoms with E-state index < -0.39 is 0 Å². The van der Waals surface area contributed by atoms with E-state index in [1.807, 2.05) is 43.3 Å². The van der Waals surface area contributed by atoms with E-state index in [9.17, 15) is 4.79 Å². The van der Waals surface area contributed by atoms with Crippen LogP contribution in [0.3, 0.4) is 0 Å². The summed E-state index contributed by atoms with van der Waals surface area (Å²) in [6.45, 7) is 0.419. The number of benzene rings is 1. The Bertz CT molecular complexity index is 642. The molecule has 0 aliphatic carbocycles. The van der Waals surface area contributed by atoms with Gasteiger partial charge in [0.05, 0.1) is 10.6 Å². The van der Waals surface area contributed by atoms with E-state index in [2.05, 4.69) is 10.3 Å². The molecule has 0 radical (unpaired) electrons. The van der Waals surface area contributed by atoms with Crippen LogP contribution in [0.15, 0.2) is 36.5 Å². The number of rotatable bonds is 4. The van der Waals surface area contributed by atoms with Crippen LogP contribution in [0.5, 0.6) is 0 Å². The maximum absolute atomic E-state index is 12.1. The van der Waals surface area contributed by atoms with Gasteiger partial charge in [0.25, 0.3) is 5.91 Å². The van der Waals surface area contributed by atoms with Crippen LogP contribution in [0, 0.1) is 0 Å². The average molecular weight is 324 g/mol. The molecule has 0 aliphatic heterocycles. The van der Waals surface area contributed by atoms with Crippen molar-refractivity contribution in [1.29, 1.82) is 0 Å². The summed E-state index contributed by atoms with van der Waals surface area (Å²) in [5.74, 6) is -0.277. The number of amides is 1. The van der Waals surface area contributed by atoms with Crippen LogP contribution in [0.1, 0.15) is 15.9 Å². The molecule has 1 aromatic carbocycles. The first-order valence-electron chi connectivity index (χ1n) is 6.33. The number of nitrogens with one attached hydrogen (secondary N) is 1. The third-order valence-corrected chi connectivity index (χ3v) is 3.48. The van der Waals surface area contributed by atoms with Crippen LogP contribution in [0.25, 0.3) is 0 Å². The maximum atomic E-state index is 12.1. The van der Waals surface area contributed by atoms with Crippen molar-refractivity contribution in [3.63, 3.8) is 0 Å². The Kier molecular flexibility index (Phi) is 5.04. The van der Waals surface area contributed by atoms with Crippen LogP contribution >= 0.6 is 23.2 Å². The lowest BCUT2D eigenvalue weighted by atomic mass is 10.2. The zero-order chi connectivity index (χ0) is 15.4. The van der Waals surface area contributed by atoms with Crippen molar-refractivity contribution in [2.45, 2.75) is 6.54 Å². The van der Waals surface area contributed by atoms with Crippen molar-refractivity contribution in [3.05, 3.63) is 57.8 Å². The van der Waals surface area contributed by atoms with Crippen molar-refractivity contribution in [1.82, 2.24) is 10.3 Å². The summed E-state index contributed by atoms with van der Waals surface area (Å²) in [4.78, 5) is 17.9. The molecule has 0 fully saturated rings. The standard InChI is InChI=1S/C15H15Cl2N3O/c1-20(2)11-5-3-10(4-6-11)8-19-15(21)12-7-14(17)18-9-13(12)16/h3-7,9H,8H2,1-2H3,(H,19,21). The van der Waals surface area contributed by atoms with E-state index in [-0.39, 0.29) is 16.1 Å². The molecule has 21 heavy (non-hydrogen) atoms. The Morgan fingerprint density at radius 3 is 2.52 bits per heavy atom. The Morgan fingerprint density at radius 1 is 1.24 bits per heavy atom. The molecule has 1 aromatic heterocycles. The highest BCUT2D eigenvalue weighted by molar-refractivity contribution is 6.35. The summed E-state index contributed by atoms with van der Waals surface area (Å²) in [5.41, 5.74) is 2.43. The molecule has 4 nitrogen and oxygen atoms in total. The summed E-state index contributed by atoms with van der Waals surface area (Å²) in [7, 11) is 3.96. The van der Waals surface area contributed by atoms with Gasteiger partial charge in [-0.2, -0.15) is 0 Å². The highest BCUT2D eigenvalue weighted by Crippen LogP contribution is 2.18. The van der Waals surface area contributed by atoms with Crippen molar-refractivity contribution in [2.75, 3.05) is 19.0 Å². The second-order valence-electron chi connectivity index (χ2n) is 4.73. The largest absolute Gasteiger partial charge is 0.378 e. The Morgan fingerprint density at radius 2 is 1.90 bits per heavy atom. The predicted octanol–water partition coefficient (Wildman–Crippen LogP) is 3.38. The molecule has 2 aromatic rings. The van der Waals surface area contributed by atoms with E-state index in [4.69, 9.17) is 23.2 Å². The maximum Gasteiger partial charge on any atom is 0.253 e. The van der Waals surface area contributed by atoms with E-state index in [0.717, 1.165) is 11.3 Å². The van der Waals surface area contributed by atoms with Crippen LogP contribution < -0.4 is 10.2 Å². The summed E-state index contributed by atoms with van der Waals surface area (Å²) >= 11 is 11.7. The molecular formula is C15H15Cl2N3O. The molecule has 0 aliphatic rings. The number of aromatic nitrogens is 1. The fraction of sp³-hybridized carbons (Fsp3) is 0.200. The van der Waals surface area contributed by atoms with Gasteiger partial charge in [-0.1, -0.05) is 35.3 Å². The minimum atomic E-state index is -0.277. The van der Waals surface area contributed by atoms with Gasteiger partial charge < -0.3 is 10.2 Å². The minimum absolute atomic E-state index is 0.236. The zero-order valence-corrected chi connectivity index (χ0v) is 13.2. The molecule has 0 saturated carbocycles. The topological polar surface area (TPSA) is 45.2 Å². The fourth-order valence-electron chi connectivity index (χ4n) is 1.78. The molecule has 1 heterocycles. The molecule has 1 amide bonds. The van der Waals surface area contributed by atoms with Crippen molar-refractivity contribution >= 4 is 34.8 Å². The van der Waals surface area contributed by atoms with Gasteiger partial charge in [0.1, 0.15) is 5.15 Å². The van der Waals surface area contributed by atoms with E-state index in [0.29, 0.717) is 12.1 Å². The molecule has 0 saturated heterocycles. The number of carbonyl (C=O) groups is 1. The van der Waals surface area contributed by atoms with Gasteiger partial charge in [-0.25, -0.2) is 4.98 Å². The summed E-state index contributed by atoms with van der Waals surface area (Å²) in [5, 5.41) is 3.32. The normalized spacial score (nSPS) is 10.3. The second kappa shape index (κ2) is 6.78. The van der Waals surface area contributed by atoms with E-state index >= 15 is 0 Å². The Balaban J connectivity index is 2.02. The van der Waals surface area contributed by atoms with Crippen molar-refractivity contribution < 1.29 is 4.79 Å². The van der Waals surface area contributed by atoms with Crippen molar-refractivity contribution in [3.8, 4) is 0 Å². The fourth-order valence-corrected chi connectivity index (χ4v) is 2.12. The highest BCUT2D eigenvalue weighted by atomic mass is 35.5. The quantitative estimate of drug-likeness (QED) is 0.877. The predicted molar refractivity (Wildman–Crippen MR) is 86.2 cm³/mol. The second-order valence-corrected chi connectivity index (χ2v) is 5.52. The number of halogens is 2. The Labute approximate surface area is 133 Å². The first-order chi connectivity index (χ1) is 9.97. The van der Waals surface area contributed by atoms with Gasteiger partial charge in [-0.15, -0.1) is 0 Å². The molecule has 0 atom stereocenters. The number of carbonyl (C=O) groups excluding carboxylic acids is 1. The molecule has 110 valence electrons. The number of hydrogen-bond donors (Lipinski definition) is 1. The molecule has 0 unspecified atom stereocenters. The lowest BCUT2D eigenvalue weighted by Crippen LogP contribution is -2.23. The third-order valence-electron chi connectivity index (χ3n) is 2.97. The number of hydrogen-bond acceptors (Lipinski definition) is 3. The summed E-state index contributed by atoms with van der Waals surface area (Å²) in [6, 6.07) is 9.39. The third kappa shape index (κ3) is 4.09. The van der Waals surface area contributed by atoms with Gasteiger partial charge in [-0.3, -0.25) is 4.79 Å². The lowest BCUT2D eigenvalue weighted by molar-refractivity contribution is 0.0951. The number of nitrogens with zero attached hydrogens (tertiary/aromatic N) is 2. The Hall–Kier alpha value is -1.78. The minimum Gasteiger partial charge on any atom is -0.378 e. The van der Waals surface area contributed by atoms with Gasteiger partial charge >= 0.3 is 0 Å².